The first kappa shape index (κ1) is 6.24. The summed E-state index contributed by atoms with van der Waals surface area (Å²) in [6.45, 7) is 0. The van der Waals surface area contributed by atoms with Gasteiger partial charge in [-0.05, 0) is 42.9 Å². The van der Waals surface area contributed by atoms with Crippen LogP contribution in [0.1, 0.15) is 19.3 Å². The molecule has 1 N–H and O–H groups in total. The third-order valence-corrected chi connectivity index (χ3v) is 3.97. The monoisotopic (exact) mass is 150 g/mol. The molecule has 1 heteroatoms. The summed E-state index contributed by atoms with van der Waals surface area (Å²) in [5, 5.41) is 9.64. The van der Waals surface area contributed by atoms with Gasteiger partial charge in [0.05, 0.1) is 6.10 Å². The van der Waals surface area contributed by atoms with Crippen molar-refractivity contribution in [2.45, 2.75) is 25.4 Å². The van der Waals surface area contributed by atoms with Crippen molar-refractivity contribution < 1.29 is 5.11 Å². The molecule has 60 valence electrons. The molecular weight excluding hydrogens is 136 g/mol. The Labute approximate surface area is 67.1 Å². The fourth-order valence-electron chi connectivity index (χ4n) is 3.52. The zero-order chi connectivity index (χ0) is 7.42. The minimum absolute atomic E-state index is 0.0427. The summed E-state index contributed by atoms with van der Waals surface area (Å²) >= 11 is 0. The molecule has 2 saturated carbocycles. The molecule has 0 spiro atoms. The van der Waals surface area contributed by atoms with E-state index >= 15 is 0 Å². The van der Waals surface area contributed by atoms with E-state index in [4.69, 9.17) is 0 Å². The number of fused-ring (bicyclic) bond motifs is 5. The summed E-state index contributed by atoms with van der Waals surface area (Å²) in [5.41, 5.74) is 0. The average Bonchev–Trinajstić information content (AvgIpc) is 2.52. The molecule has 0 unspecified atom stereocenters. The van der Waals surface area contributed by atoms with E-state index in [0.717, 1.165) is 24.2 Å². The normalized spacial score (nSPS) is 58.8. The lowest BCUT2D eigenvalue weighted by molar-refractivity contribution is 0.0697. The van der Waals surface area contributed by atoms with Gasteiger partial charge in [0.2, 0.25) is 0 Å². The van der Waals surface area contributed by atoms with Crippen molar-refractivity contribution in [3.63, 3.8) is 0 Å². The lowest BCUT2D eigenvalue weighted by Crippen LogP contribution is -2.27. The minimum atomic E-state index is 0.0427. The molecule has 11 heavy (non-hydrogen) atoms. The number of rotatable bonds is 0. The van der Waals surface area contributed by atoms with Crippen LogP contribution in [0, 0.1) is 23.7 Å². The molecule has 3 rings (SSSR count). The Morgan fingerprint density at radius 3 is 3.00 bits per heavy atom. The fourth-order valence-corrected chi connectivity index (χ4v) is 3.52. The Balaban J connectivity index is 1.94. The Morgan fingerprint density at radius 1 is 1.18 bits per heavy atom. The molecule has 2 bridgehead atoms. The van der Waals surface area contributed by atoms with E-state index in [1.54, 1.807) is 0 Å². The van der Waals surface area contributed by atoms with Crippen LogP contribution >= 0.6 is 0 Å². The summed E-state index contributed by atoms with van der Waals surface area (Å²) in [6.07, 6.45) is 8.37. The quantitative estimate of drug-likeness (QED) is 0.520. The lowest BCUT2D eigenvalue weighted by atomic mass is 9.80. The summed E-state index contributed by atoms with van der Waals surface area (Å²) in [5.74, 6) is 3.16. The highest BCUT2D eigenvalue weighted by atomic mass is 16.3. The van der Waals surface area contributed by atoms with Gasteiger partial charge in [0.15, 0.2) is 0 Å². The minimum Gasteiger partial charge on any atom is -0.393 e. The Hall–Kier alpha value is -0.300. The maximum absolute atomic E-state index is 9.64. The molecule has 0 saturated heterocycles. The first-order valence-corrected chi connectivity index (χ1v) is 4.71. The summed E-state index contributed by atoms with van der Waals surface area (Å²) in [7, 11) is 0. The second-order valence-electron chi connectivity index (χ2n) is 4.37. The van der Waals surface area contributed by atoms with Gasteiger partial charge >= 0.3 is 0 Å². The van der Waals surface area contributed by atoms with Crippen LogP contribution < -0.4 is 0 Å². The topological polar surface area (TPSA) is 20.2 Å². The van der Waals surface area contributed by atoms with E-state index in [-0.39, 0.29) is 6.10 Å². The van der Waals surface area contributed by atoms with Gasteiger partial charge in [0.25, 0.3) is 0 Å². The standard InChI is InChI=1S/C10H14O/c11-10-5-6-4-9(10)8-3-1-2-7(6)8/h1-2,6-11H,3-5H2/t6-,7-,8+,9+,10+/m0/s1. The highest BCUT2D eigenvalue weighted by Gasteiger charge is 2.51. The number of aliphatic hydroxyl groups excluding tert-OH is 1. The second-order valence-corrected chi connectivity index (χ2v) is 4.37. The molecule has 3 aliphatic rings. The molecule has 5 atom stereocenters. The largest absolute Gasteiger partial charge is 0.393 e. The smallest absolute Gasteiger partial charge is 0.0574 e. The average molecular weight is 150 g/mol. The predicted octanol–water partition coefficient (Wildman–Crippen LogP) is 1.58. The molecule has 0 heterocycles. The first-order chi connectivity index (χ1) is 5.36. The van der Waals surface area contributed by atoms with E-state index < -0.39 is 0 Å². The number of allylic oxidation sites excluding steroid dienone is 2. The van der Waals surface area contributed by atoms with Gasteiger partial charge in [-0.15, -0.1) is 0 Å². The summed E-state index contributed by atoms with van der Waals surface area (Å²) in [6, 6.07) is 0. The Bertz CT molecular complexity index is 209. The van der Waals surface area contributed by atoms with Crippen molar-refractivity contribution in [3.05, 3.63) is 12.2 Å². The Morgan fingerprint density at radius 2 is 2.09 bits per heavy atom. The third-order valence-electron chi connectivity index (χ3n) is 3.97. The molecule has 1 nitrogen and oxygen atoms in total. The van der Waals surface area contributed by atoms with Crippen molar-refractivity contribution >= 4 is 0 Å². The van der Waals surface area contributed by atoms with Crippen molar-refractivity contribution in [1.82, 2.24) is 0 Å². The molecule has 2 fully saturated rings. The van der Waals surface area contributed by atoms with Gasteiger partial charge in [-0.1, -0.05) is 12.2 Å². The van der Waals surface area contributed by atoms with Crippen molar-refractivity contribution in [2.24, 2.45) is 23.7 Å². The molecule has 0 radical (unpaired) electrons. The predicted molar refractivity (Wildman–Crippen MR) is 43.0 cm³/mol. The first-order valence-electron chi connectivity index (χ1n) is 4.71. The number of hydrogen-bond donors (Lipinski definition) is 1. The maximum atomic E-state index is 9.64. The van der Waals surface area contributed by atoms with Gasteiger partial charge in [0.1, 0.15) is 0 Å². The summed E-state index contributed by atoms with van der Waals surface area (Å²) in [4.78, 5) is 0. The Kier molecular flexibility index (Phi) is 1.07. The second kappa shape index (κ2) is 1.89. The number of hydrogen-bond acceptors (Lipinski definition) is 1. The van der Waals surface area contributed by atoms with Crippen LogP contribution in [0.2, 0.25) is 0 Å². The van der Waals surface area contributed by atoms with E-state index in [0.29, 0.717) is 5.92 Å². The SMILES string of the molecule is O[C@@H]1C[C@@H]2C[C@@H]1[C@@H]1CC=C[C@@H]21. The van der Waals surface area contributed by atoms with Crippen LogP contribution in [-0.4, -0.2) is 11.2 Å². The van der Waals surface area contributed by atoms with E-state index in [1.165, 1.54) is 12.8 Å². The lowest BCUT2D eigenvalue weighted by Gasteiger charge is -2.27. The zero-order valence-electron chi connectivity index (χ0n) is 6.61. The fraction of sp³-hybridized carbons (Fsp3) is 0.800. The van der Waals surface area contributed by atoms with Gasteiger partial charge in [-0.2, -0.15) is 0 Å². The van der Waals surface area contributed by atoms with Crippen LogP contribution in [0.25, 0.3) is 0 Å². The summed E-state index contributed by atoms with van der Waals surface area (Å²) < 4.78 is 0. The third kappa shape index (κ3) is 0.652. The van der Waals surface area contributed by atoms with E-state index in [9.17, 15) is 5.11 Å². The van der Waals surface area contributed by atoms with E-state index in [1.807, 2.05) is 0 Å². The van der Waals surface area contributed by atoms with Gasteiger partial charge in [0, 0.05) is 0 Å². The molecule has 0 aromatic rings. The van der Waals surface area contributed by atoms with Gasteiger partial charge < -0.3 is 5.11 Å². The van der Waals surface area contributed by atoms with Crippen LogP contribution in [0.3, 0.4) is 0 Å². The van der Waals surface area contributed by atoms with Crippen LogP contribution in [0.15, 0.2) is 12.2 Å². The van der Waals surface area contributed by atoms with Crippen LogP contribution in [0.4, 0.5) is 0 Å². The molecule has 3 aliphatic carbocycles. The van der Waals surface area contributed by atoms with Crippen LogP contribution in [0.5, 0.6) is 0 Å². The molecule has 0 aliphatic heterocycles. The van der Waals surface area contributed by atoms with E-state index in [2.05, 4.69) is 12.2 Å². The zero-order valence-corrected chi connectivity index (χ0v) is 6.61. The van der Waals surface area contributed by atoms with Crippen molar-refractivity contribution in [2.75, 3.05) is 0 Å². The maximum Gasteiger partial charge on any atom is 0.0574 e. The molecule has 0 aromatic heterocycles. The number of aliphatic hydroxyl groups is 1. The van der Waals surface area contributed by atoms with Gasteiger partial charge in [-0.3, -0.25) is 0 Å². The molecule has 0 aromatic carbocycles. The highest BCUT2D eigenvalue weighted by molar-refractivity contribution is 5.14. The molecule has 0 amide bonds. The highest BCUT2D eigenvalue weighted by Crippen LogP contribution is 2.56. The molecular formula is C10H14O. The van der Waals surface area contributed by atoms with Gasteiger partial charge in [-0.25, -0.2) is 0 Å². The van der Waals surface area contributed by atoms with Crippen molar-refractivity contribution in [3.8, 4) is 0 Å². The van der Waals surface area contributed by atoms with Crippen LogP contribution in [-0.2, 0) is 0 Å². The van der Waals surface area contributed by atoms with Crippen molar-refractivity contribution in [1.29, 1.82) is 0 Å².